The Morgan fingerprint density at radius 3 is 2.44 bits per heavy atom. The molecule has 1 aliphatic rings. The number of anilines is 1. The summed E-state index contributed by atoms with van der Waals surface area (Å²) in [5.74, 6) is 0.656. The highest BCUT2D eigenvalue weighted by molar-refractivity contribution is 7.92. The molecule has 0 saturated heterocycles. The number of rotatable bonds is 13. The Labute approximate surface area is 253 Å². The predicted octanol–water partition coefficient (Wildman–Crippen LogP) is 6.29. The van der Waals surface area contributed by atoms with Gasteiger partial charge in [-0.3, -0.25) is 4.31 Å². The second-order valence-corrected chi connectivity index (χ2v) is 12.3. The van der Waals surface area contributed by atoms with E-state index in [1.54, 1.807) is 43.5 Å². The molecule has 0 atom stereocenters. The summed E-state index contributed by atoms with van der Waals surface area (Å²) in [7, 11) is -1.13. The number of nitrogens with zero attached hydrogens (tertiary/aromatic N) is 1. The lowest BCUT2D eigenvalue weighted by Gasteiger charge is -2.27. The van der Waals surface area contributed by atoms with E-state index in [9.17, 15) is 8.42 Å². The predicted molar refractivity (Wildman–Crippen MR) is 166 cm³/mol. The van der Waals surface area contributed by atoms with Crippen molar-refractivity contribution in [3.05, 3.63) is 113 Å². The van der Waals surface area contributed by atoms with Gasteiger partial charge in [-0.2, -0.15) is 0 Å². The number of hydrogen-bond acceptors (Lipinski definition) is 6. The first kappa shape index (κ1) is 30.4. The third-order valence-corrected chi connectivity index (χ3v) is 9.38. The summed E-state index contributed by atoms with van der Waals surface area (Å²) in [4.78, 5) is 0.110. The maximum absolute atomic E-state index is 15.8. The van der Waals surface area contributed by atoms with E-state index in [-0.39, 0.29) is 17.1 Å². The van der Waals surface area contributed by atoms with Gasteiger partial charge in [0.1, 0.15) is 17.2 Å². The normalized spacial score (nSPS) is 12.8. The molecule has 5 rings (SSSR count). The Hall–Kier alpha value is -4.08. The van der Waals surface area contributed by atoms with E-state index in [1.165, 1.54) is 24.8 Å². The second kappa shape index (κ2) is 13.9. The molecule has 0 amide bonds. The fourth-order valence-corrected chi connectivity index (χ4v) is 6.73. The molecule has 226 valence electrons. The van der Waals surface area contributed by atoms with Gasteiger partial charge in [0.25, 0.3) is 10.0 Å². The number of hydrogen-bond donors (Lipinski definition) is 1. The van der Waals surface area contributed by atoms with E-state index < -0.39 is 15.8 Å². The number of unbranched alkanes of at least 4 members (excludes halogenated alkanes) is 1. The molecular weight excluding hydrogens is 567 g/mol. The summed E-state index contributed by atoms with van der Waals surface area (Å²) >= 11 is 0. The zero-order chi connectivity index (χ0) is 30.2. The molecule has 0 spiro atoms. The van der Waals surface area contributed by atoms with Crippen molar-refractivity contribution in [1.82, 2.24) is 5.32 Å². The molecule has 0 radical (unpaired) electrons. The van der Waals surface area contributed by atoms with Crippen LogP contribution in [0.4, 0.5) is 10.1 Å². The lowest BCUT2D eigenvalue weighted by Crippen LogP contribution is -2.32. The third kappa shape index (κ3) is 7.29. The zero-order valence-electron chi connectivity index (χ0n) is 24.5. The van der Waals surface area contributed by atoms with Crippen molar-refractivity contribution in [3.63, 3.8) is 0 Å². The van der Waals surface area contributed by atoms with Gasteiger partial charge in [0, 0.05) is 24.2 Å². The lowest BCUT2D eigenvalue weighted by molar-refractivity contribution is 0.305. The number of fused-ring (bicyclic) bond motifs is 1. The first-order valence-corrected chi connectivity index (χ1v) is 15.9. The van der Waals surface area contributed by atoms with Crippen molar-refractivity contribution in [2.24, 2.45) is 0 Å². The van der Waals surface area contributed by atoms with Gasteiger partial charge in [-0.25, -0.2) is 12.8 Å². The lowest BCUT2D eigenvalue weighted by atomic mass is 10.0. The van der Waals surface area contributed by atoms with Gasteiger partial charge in [0.15, 0.2) is 5.82 Å². The zero-order valence-corrected chi connectivity index (χ0v) is 25.3. The highest BCUT2D eigenvalue weighted by Gasteiger charge is 2.30. The molecule has 9 heteroatoms. The summed E-state index contributed by atoms with van der Waals surface area (Å²) in [6.07, 6.45) is 3.41. The summed E-state index contributed by atoms with van der Waals surface area (Å²) < 4.78 is 61.9. The Balaban J connectivity index is 1.40. The second-order valence-electron chi connectivity index (χ2n) is 10.5. The number of halogens is 1. The summed E-state index contributed by atoms with van der Waals surface area (Å²) in [6.45, 7) is 1.74. The van der Waals surface area contributed by atoms with Gasteiger partial charge >= 0.3 is 0 Å². The van der Waals surface area contributed by atoms with Crippen LogP contribution in [0, 0.1) is 5.82 Å². The van der Waals surface area contributed by atoms with Crippen LogP contribution in [-0.4, -0.2) is 35.8 Å². The Morgan fingerprint density at radius 1 is 0.860 bits per heavy atom. The molecule has 43 heavy (non-hydrogen) atoms. The van der Waals surface area contributed by atoms with E-state index in [1.807, 2.05) is 24.3 Å². The fourth-order valence-electron chi connectivity index (χ4n) is 5.22. The van der Waals surface area contributed by atoms with Gasteiger partial charge in [0.05, 0.1) is 38.0 Å². The van der Waals surface area contributed by atoms with Crippen LogP contribution in [-0.2, 0) is 36.0 Å². The Kier molecular flexibility index (Phi) is 9.84. The minimum atomic E-state index is -4.17. The molecule has 1 heterocycles. The van der Waals surface area contributed by atoms with Gasteiger partial charge in [-0.05, 0) is 85.3 Å². The van der Waals surface area contributed by atoms with Gasteiger partial charge in [-0.15, -0.1) is 0 Å². The minimum absolute atomic E-state index is 0.0753. The number of ether oxygens (including phenoxy) is 3. The molecule has 0 bridgehead atoms. The standard InChI is InChI=1S/C34H37FN2O5S/c1-40-29-13-11-28(34(22-29)41-2)24-37(43(38,39)31-15-12-27-23-36-18-17-26(27)20-31)33-16-14-30(21-32(33)35)42-19-7-6-10-25-8-4-3-5-9-25/h3-5,8-9,11-16,20-22,36H,6-7,10,17-19,23-24H2,1-2H3. The van der Waals surface area contributed by atoms with Crippen molar-refractivity contribution in [1.29, 1.82) is 0 Å². The quantitative estimate of drug-likeness (QED) is 0.181. The molecular formula is C34H37FN2O5S. The molecule has 1 N–H and O–H groups in total. The first-order valence-electron chi connectivity index (χ1n) is 14.4. The highest BCUT2D eigenvalue weighted by Crippen LogP contribution is 2.34. The molecule has 4 aromatic carbocycles. The van der Waals surface area contributed by atoms with Crippen LogP contribution in [0.15, 0.2) is 89.8 Å². The molecule has 0 aliphatic carbocycles. The van der Waals surface area contributed by atoms with Crippen molar-refractivity contribution < 1.29 is 27.0 Å². The van der Waals surface area contributed by atoms with Crippen LogP contribution in [0.1, 0.15) is 35.1 Å². The molecule has 0 fully saturated rings. The Bertz CT molecular complexity index is 1650. The molecule has 0 unspecified atom stereocenters. The average molecular weight is 605 g/mol. The number of nitrogens with one attached hydrogen (secondary N) is 1. The van der Waals surface area contributed by atoms with Crippen molar-refractivity contribution in [2.75, 3.05) is 31.7 Å². The monoisotopic (exact) mass is 604 g/mol. The number of aryl methyl sites for hydroxylation is 1. The number of methoxy groups -OCH3 is 2. The van der Waals surface area contributed by atoms with Gasteiger partial charge in [0.2, 0.25) is 0 Å². The van der Waals surface area contributed by atoms with E-state index in [0.717, 1.165) is 47.7 Å². The van der Waals surface area contributed by atoms with Crippen molar-refractivity contribution in [3.8, 4) is 17.2 Å². The largest absolute Gasteiger partial charge is 0.497 e. The van der Waals surface area contributed by atoms with Crippen molar-refractivity contribution in [2.45, 2.75) is 43.7 Å². The summed E-state index contributed by atoms with van der Waals surface area (Å²) in [6, 6.07) is 24.8. The summed E-state index contributed by atoms with van der Waals surface area (Å²) in [5, 5.41) is 3.30. The van der Waals surface area contributed by atoms with Crippen LogP contribution >= 0.6 is 0 Å². The molecule has 0 saturated carbocycles. The maximum Gasteiger partial charge on any atom is 0.264 e. The molecule has 4 aromatic rings. The van der Waals surface area contributed by atoms with E-state index in [0.29, 0.717) is 36.0 Å². The van der Waals surface area contributed by atoms with Crippen LogP contribution < -0.4 is 23.8 Å². The smallest absolute Gasteiger partial charge is 0.264 e. The SMILES string of the molecule is COc1ccc(CN(c2ccc(OCCCCc3ccccc3)cc2F)S(=O)(=O)c2ccc3c(c2)CCNC3)c(OC)c1. The van der Waals surface area contributed by atoms with Crippen LogP contribution in [0.5, 0.6) is 17.2 Å². The number of benzene rings is 4. The highest BCUT2D eigenvalue weighted by atomic mass is 32.2. The van der Waals surface area contributed by atoms with Crippen molar-refractivity contribution >= 4 is 15.7 Å². The fraction of sp³-hybridized carbons (Fsp3) is 0.294. The minimum Gasteiger partial charge on any atom is -0.497 e. The van der Waals surface area contributed by atoms with Crippen LogP contribution in [0.3, 0.4) is 0 Å². The summed E-state index contributed by atoms with van der Waals surface area (Å²) in [5.41, 5.74) is 3.78. The number of sulfonamides is 1. The van der Waals surface area contributed by atoms with E-state index in [2.05, 4.69) is 17.4 Å². The molecule has 7 nitrogen and oxygen atoms in total. The average Bonchev–Trinajstić information content (AvgIpc) is 3.04. The Morgan fingerprint density at radius 2 is 1.67 bits per heavy atom. The topological polar surface area (TPSA) is 77.1 Å². The van der Waals surface area contributed by atoms with Crippen LogP contribution in [0.2, 0.25) is 0 Å². The van der Waals surface area contributed by atoms with Gasteiger partial charge < -0.3 is 19.5 Å². The first-order chi connectivity index (χ1) is 20.9. The molecule has 1 aliphatic heterocycles. The van der Waals surface area contributed by atoms with E-state index >= 15 is 4.39 Å². The van der Waals surface area contributed by atoms with Crippen LogP contribution in [0.25, 0.3) is 0 Å². The van der Waals surface area contributed by atoms with E-state index in [4.69, 9.17) is 14.2 Å². The third-order valence-electron chi connectivity index (χ3n) is 7.62. The van der Waals surface area contributed by atoms with Gasteiger partial charge in [-0.1, -0.05) is 36.4 Å². The molecule has 0 aromatic heterocycles. The maximum atomic E-state index is 15.8.